The molecule has 25 heavy (non-hydrogen) atoms. The van der Waals surface area contributed by atoms with Crippen LogP contribution in [0.2, 0.25) is 0 Å². The van der Waals surface area contributed by atoms with Crippen LogP contribution in [0.15, 0.2) is 17.0 Å². The lowest BCUT2D eigenvalue weighted by Gasteiger charge is -2.34. The third kappa shape index (κ3) is 3.02. The molecule has 1 unspecified atom stereocenters. The Morgan fingerprint density at radius 1 is 1.28 bits per heavy atom. The van der Waals surface area contributed by atoms with E-state index in [0.717, 1.165) is 52.5 Å². The van der Waals surface area contributed by atoms with Crippen molar-refractivity contribution in [2.75, 3.05) is 24.6 Å². The Bertz CT molecular complexity index is 919. The van der Waals surface area contributed by atoms with Crippen LogP contribution in [0.3, 0.4) is 0 Å². The van der Waals surface area contributed by atoms with Gasteiger partial charge in [-0.15, -0.1) is 0 Å². The first-order valence-corrected chi connectivity index (χ1v) is 9.03. The Balaban J connectivity index is 1.60. The highest BCUT2D eigenvalue weighted by Crippen LogP contribution is 2.30. The molecule has 9 heteroatoms. The molecule has 0 amide bonds. The topological polar surface area (TPSA) is 73.9 Å². The number of hydrogen-bond acceptors (Lipinski definition) is 6. The molecule has 132 valence electrons. The van der Waals surface area contributed by atoms with Crippen LogP contribution in [0.4, 0.5) is 5.82 Å². The summed E-state index contributed by atoms with van der Waals surface area (Å²) in [5.74, 6) is 0.895. The van der Waals surface area contributed by atoms with Gasteiger partial charge in [0.25, 0.3) is 0 Å². The Labute approximate surface area is 153 Å². The zero-order valence-corrected chi connectivity index (χ0v) is 16.1. The molecular formula is C16H20BrN7O. The van der Waals surface area contributed by atoms with Crippen molar-refractivity contribution in [3.63, 3.8) is 0 Å². The van der Waals surface area contributed by atoms with E-state index < -0.39 is 0 Å². The predicted octanol–water partition coefficient (Wildman–Crippen LogP) is 1.84. The highest BCUT2D eigenvalue weighted by Gasteiger charge is 2.26. The molecule has 0 aromatic carbocycles. The van der Waals surface area contributed by atoms with Crippen molar-refractivity contribution < 1.29 is 4.74 Å². The van der Waals surface area contributed by atoms with Gasteiger partial charge in [-0.3, -0.25) is 4.68 Å². The largest absolute Gasteiger partial charge is 0.373 e. The maximum Gasteiger partial charge on any atom is 0.164 e. The van der Waals surface area contributed by atoms with Gasteiger partial charge in [-0.2, -0.15) is 10.2 Å². The fourth-order valence-corrected chi connectivity index (χ4v) is 3.93. The van der Waals surface area contributed by atoms with Crippen LogP contribution in [-0.2, 0) is 18.3 Å². The molecule has 0 radical (unpaired) electrons. The monoisotopic (exact) mass is 405 g/mol. The van der Waals surface area contributed by atoms with E-state index in [1.165, 1.54) is 0 Å². The SMILES string of the molecule is Cc1cc(C)n(CC2CN(c3ncnc4c3c(Br)nn4C)CCO2)n1. The first-order chi connectivity index (χ1) is 12.0. The normalized spacial score (nSPS) is 18.2. The van der Waals surface area contributed by atoms with Gasteiger partial charge in [0.1, 0.15) is 16.7 Å². The molecule has 1 aliphatic heterocycles. The summed E-state index contributed by atoms with van der Waals surface area (Å²) in [4.78, 5) is 11.1. The zero-order chi connectivity index (χ0) is 17.6. The van der Waals surface area contributed by atoms with E-state index in [2.05, 4.69) is 54.0 Å². The second kappa shape index (κ2) is 6.38. The van der Waals surface area contributed by atoms with Crippen molar-refractivity contribution >= 4 is 32.8 Å². The summed E-state index contributed by atoms with van der Waals surface area (Å²) in [6, 6.07) is 2.08. The predicted molar refractivity (Wildman–Crippen MR) is 97.7 cm³/mol. The first kappa shape index (κ1) is 16.5. The van der Waals surface area contributed by atoms with E-state index in [9.17, 15) is 0 Å². The summed E-state index contributed by atoms with van der Waals surface area (Å²) in [6.07, 6.45) is 1.66. The first-order valence-electron chi connectivity index (χ1n) is 8.23. The number of halogens is 1. The molecule has 0 spiro atoms. The van der Waals surface area contributed by atoms with Crippen LogP contribution in [0.5, 0.6) is 0 Å². The van der Waals surface area contributed by atoms with Gasteiger partial charge < -0.3 is 9.64 Å². The molecule has 1 atom stereocenters. The lowest BCUT2D eigenvalue weighted by molar-refractivity contribution is 0.0268. The lowest BCUT2D eigenvalue weighted by atomic mass is 10.2. The van der Waals surface area contributed by atoms with E-state index in [1.807, 2.05) is 18.7 Å². The minimum absolute atomic E-state index is 0.0622. The number of morpholine rings is 1. The van der Waals surface area contributed by atoms with Gasteiger partial charge in [-0.25, -0.2) is 14.6 Å². The van der Waals surface area contributed by atoms with Crippen molar-refractivity contribution in [2.45, 2.75) is 26.5 Å². The number of anilines is 1. The summed E-state index contributed by atoms with van der Waals surface area (Å²) in [7, 11) is 1.88. The number of fused-ring (bicyclic) bond motifs is 1. The highest BCUT2D eigenvalue weighted by atomic mass is 79.9. The molecule has 4 heterocycles. The number of aryl methyl sites for hydroxylation is 3. The van der Waals surface area contributed by atoms with Crippen LogP contribution in [0, 0.1) is 13.8 Å². The molecule has 8 nitrogen and oxygen atoms in total. The molecule has 4 rings (SSSR count). The summed E-state index contributed by atoms with van der Waals surface area (Å²) >= 11 is 3.53. The number of nitrogens with zero attached hydrogens (tertiary/aromatic N) is 7. The Morgan fingerprint density at radius 3 is 2.88 bits per heavy atom. The van der Waals surface area contributed by atoms with Crippen molar-refractivity contribution in [1.82, 2.24) is 29.5 Å². The standard InChI is InChI=1S/C16H20BrN7O/c1-10-6-11(2)24(20-10)8-12-7-23(4-5-25-12)16-13-14(17)21-22(3)15(13)18-9-19-16/h6,9,12H,4-5,7-8H2,1-3H3. The molecule has 0 saturated carbocycles. The summed E-state index contributed by atoms with van der Waals surface area (Å²) < 4.78 is 10.5. The average molecular weight is 406 g/mol. The van der Waals surface area contributed by atoms with E-state index in [-0.39, 0.29) is 6.10 Å². The van der Waals surface area contributed by atoms with Crippen molar-refractivity contribution in [1.29, 1.82) is 0 Å². The maximum atomic E-state index is 5.97. The van der Waals surface area contributed by atoms with Crippen molar-refractivity contribution in [2.24, 2.45) is 7.05 Å². The van der Waals surface area contributed by atoms with Crippen LogP contribution < -0.4 is 4.90 Å². The van der Waals surface area contributed by atoms with Crippen molar-refractivity contribution in [3.05, 3.63) is 28.4 Å². The number of ether oxygens (including phenoxy) is 1. The fraction of sp³-hybridized carbons (Fsp3) is 0.500. The Morgan fingerprint density at radius 2 is 2.12 bits per heavy atom. The van der Waals surface area contributed by atoms with E-state index in [0.29, 0.717) is 6.61 Å². The smallest absolute Gasteiger partial charge is 0.164 e. The summed E-state index contributed by atoms with van der Waals surface area (Å²) in [5.41, 5.74) is 3.00. The van der Waals surface area contributed by atoms with Gasteiger partial charge in [-0.1, -0.05) is 0 Å². The molecule has 1 fully saturated rings. The van der Waals surface area contributed by atoms with Crippen LogP contribution in [0.25, 0.3) is 11.0 Å². The number of hydrogen-bond donors (Lipinski definition) is 0. The highest BCUT2D eigenvalue weighted by molar-refractivity contribution is 9.10. The number of aromatic nitrogens is 6. The summed E-state index contributed by atoms with van der Waals surface area (Å²) in [5, 5.41) is 9.89. The van der Waals surface area contributed by atoms with Gasteiger partial charge in [-0.05, 0) is 35.8 Å². The van der Waals surface area contributed by atoms with Gasteiger partial charge >= 0.3 is 0 Å². The molecule has 3 aromatic rings. The second-order valence-corrected chi connectivity index (χ2v) is 7.11. The van der Waals surface area contributed by atoms with E-state index >= 15 is 0 Å². The molecule has 1 aliphatic rings. The molecular weight excluding hydrogens is 386 g/mol. The summed E-state index contributed by atoms with van der Waals surface area (Å²) in [6.45, 7) is 7.02. The Hall–Kier alpha value is -2.00. The number of rotatable bonds is 3. The molecule has 0 N–H and O–H groups in total. The van der Waals surface area contributed by atoms with E-state index in [1.54, 1.807) is 11.0 Å². The van der Waals surface area contributed by atoms with Gasteiger partial charge in [0.05, 0.1) is 30.3 Å². The van der Waals surface area contributed by atoms with Crippen LogP contribution >= 0.6 is 15.9 Å². The van der Waals surface area contributed by atoms with Gasteiger partial charge in [0.15, 0.2) is 5.65 Å². The van der Waals surface area contributed by atoms with Crippen LogP contribution in [-0.4, -0.2) is 55.3 Å². The van der Waals surface area contributed by atoms with Crippen molar-refractivity contribution in [3.8, 4) is 0 Å². The molecule has 1 saturated heterocycles. The van der Waals surface area contributed by atoms with Gasteiger partial charge in [0.2, 0.25) is 0 Å². The van der Waals surface area contributed by atoms with Gasteiger partial charge in [0, 0.05) is 25.8 Å². The van der Waals surface area contributed by atoms with E-state index in [4.69, 9.17) is 4.74 Å². The third-order valence-electron chi connectivity index (χ3n) is 4.48. The molecule has 0 aliphatic carbocycles. The molecule has 0 bridgehead atoms. The molecule has 3 aromatic heterocycles. The minimum atomic E-state index is 0.0622. The second-order valence-electron chi connectivity index (χ2n) is 6.36. The average Bonchev–Trinajstić information content (AvgIpc) is 3.06. The zero-order valence-electron chi connectivity index (χ0n) is 14.5. The Kier molecular flexibility index (Phi) is 4.20. The lowest BCUT2D eigenvalue weighted by Crippen LogP contribution is -2.45. The third-order valence-corrected chi connectivity index (χ3v) is 5.03. The fourth-order valence-electron chi connectivity index (χ4n) is 3.34. The quantitative estimate of drug-likeness (QED) is 0.661. The minimum Gasteiger partial charge on any atom is -0.373 e. The maximum absolute atomic E-state index is 5.97. The van der Waals surface area contributed by atoms with Crippen LogP contribution in [0.1, 0.15) is 11.4 Å².